The third kappa shape index (κ3) is 3.44. The highest BCUT2D eigenvalue weighted by molar-refractivity contribution is 7.99. The zero-order chi connectivity index (χ0) is 18.1. The number of thioether (sulfide) groups is 1. The number of amides is 1. The van der Waals surface area contributed by atoms with Crippen molar-refractivity contribution in [2.75, 3.05) is 18.1 Å². The molecule has 0 bridgehead atoms. The second kappa shape index (κ2) is 6.95. The fraction of sp³-hybridized carbons (Fsp3) is 0.471. The van der Waals surface area contributed by atoms with Gasteiger partial charge in [0, 0.05) is 35.5 Å². The number of carboxylic acid groups (broad SMARTS) is 1. The van der Waals surface area contributed by atoms with Crippen molar-refractivity contribution >= 4 is 23.6 Å². The lowest BCUT2D eigenvalue weighted by Gasteiger charge is -2.34. The van der Waals surface area contributed by atoms with E-state index in [1.807, 2.05) is 37.5 Å². The minimum Gasteiger partial charge on any atom is -0.481 e. The molecule has 1 amide bonds. The molecule has 1 N–H and O–H groups in total. The Hall–Kier alpha value is -2.22. The van der Waals surface area contributed by atoms with E-state index in [2.05, 4.69) is 5.16 Å². The Morgan fingerprint density at radius 1 is 1.36 bits per heavy atom. The molecule has 8 heteroatoms. The van der Waals surface area contributed by atoms with Crippen molar-refractivity contribution in [2.45, 2.75) is 33.2 Å². The molecule has 3 heterocycles. The molecule has 0 saturated carbocycles. The van der Waals surface area contributed by atoms with E-state index >= 15 is 0 Å². The third-order valence-electron chi connectivity index (χ3n) is 4.40. The second-order valence-electron chi connectivity index (χ2n) is 6.24. The highest BCUT2D eigenvalue weighted by atomic mass is 32.2. The molecule has 0 radical (unpaired) electrons. The Morgan fingerprint density at radius 2 is 2.12 bits per heavy atom. The number of nitrogens with zero attached hydrogens (tertiary/aromatic N) is 3. The van der Waals surface area contributed by atoms with E-state index in [1.54, 1.807) is 16.7 Å². The van der Waals surface area contributed by atoms with E-state index in [9.17, 15) is 9.59 Å². The fourth-order valence-electron chi connectivity index (χ4n) is 3.24. The van der Waals surface area contributed by atoms with Crippen LogP contribution >= 0.6 is 11.8 Å². The molecule has 25 heavy (non-hydrogen) atoms. The number of carbonyl (C=O) groups is 2. The van der Waals surface area contributed by atoms with Gasteiger partial charge >= 0.3 is 5.97 Å². The zero-order valence-corrected chi connectivity index (χ0v) is 15.3. The first kappa shape index (κ1) is 17.6. The lowest BCUT2D eigenvalue weighted by atomic mass is 10.1. The van der Waals surface area contributed by atoms with Crippen LogP contribution in [-0.4, -0.2) is 55.7 Å². The molecule has 1 aliphatic heterocycles. The molecular formula is C17H21N3O4S. The summed E-state index contributed by atoms with van der Waals surface area (Å²) in [5, 5.41) is 13.1. The molecule has 1 fully saturated rings. The van der Waals surface area contributed by atoms with Gasteiger partial charge in [-0.25, -0.2) is 0 Å². The van der Waals surface area contributed by atoms with Gasteiger partial charge in [0.15, 0.2) is 5.82 Å². The van der Waals surface area contributed by atoms with Crippen molar-refractivity contribution in [3.63, 3.8) is 0 Å². The first-order valence-electron chi connectivity index (χ1n) is 8.11. The van der Waals surface area contributed by atoms with Crippen molar-refractivity contribution in [1.29, 1.82) is 0 Å². The quantitative estimate of drug-likeness (QED) is 0.897. The molecule has 7 nitrogen and oxygen atoms in total. The summed E-state index contributed by atoms with van der Waals surface area (Å²) in [5.74, 6) is 1.82. The Morgan fingerprint density at radius 3 is 2.76 bits per heavy atom. The molecule has 3 rings (SSSR count). The van der Waals surface area contributed by atoms with Crippen LogP contribution in [0.2, 0.25) is 0 Å². The molecule has 1 unspecified atom stereocenters. The first-order valence-corrected chi connectivity index (χ1v) is 9.27. The zero-order valence-electron chi connectivity index (χ0n) is 14.5. The van der Waals surface area contributed by atoms with Gasteiger partial charge in [0.2, 0.25) is 0 Å². The smallest absolute Gasteiger partial charge is 0.305 e. The summed E-state index contributed by atoms with van der Waals surface area (Å²) < 4.78 is 7.03. The van der Waals surface area contributed by atoms with Crippen LogP contribution in [0.4, 0.5) is 0 Å². The number of carbonyl (C=O) groups excluding carboxylic acids is 1. The summed E-state index contributed by atoms with van der Waals surface area (Å²) in [5.41, 5.74) is 2.25. The van der Waals surface area contributed by atoms with Crippen molar-refractivity contribution in [3.05, 3.63) is 34.8 Å². The monoisotopic (exact) mass is 363 g/mol. The lowest BCUT2D eigenvalue weighted by Crippen LogP contribution is -2.47. The van der Waals surface area contributed by atoms with Crippen molar-refractivity contribution < 1.29 is 19.2 Å². The van der Waals surface area contributed by atoms with Gasteiger partial charge in [-0.05, 0) is 26.8 Å². The maximum Gasteiger partial charge on any atom is 0.305 e. The summed E-state index contributed by atoms with van der Waals surface area (Å²) >= 11 is 1.69. The Labute approximate surface area is 150 Å². The van der Waals surface area contributed by atoms with E-state index in [1.165, 1.54) is 0 Å². The first-order chi connectivity index (χ1) is 11.9. The predicted octanol–water partition coefficient (Wildman–Crippen LogP) is 2.42. The van der Waals surface area contributed by atoms with Gasteiger partial charge in [0.05, 0.1) is 18.0 Å². The van der Waals surface area contributed by atoms with Crippen LogP contribution in [0, 0.1) is 20.8 Å². The average molecular weight is 363 g/mol. The molecule has 1 saturated heterocycles. The van der Waals surface area contributed by atoms with Crippen LogP contribution in [-0.2, 0) is 4.79 Å². The van der Waals surface area contributed by atoms with Gasteiger partial charge in [0.25, 0.3) is 5.91 Å². The summed E-state index contributed by atoms with van der Waals surface area (Å²) in [4.78, 5) is 25.9. The van der Waals surface area contributed by atoms with Gasteiger partial charge in [-0.15, -0.1) is 0 Å². The predicted molar refractivity (Wildman–Crippen MR) is 94.4 cm³/mol. The Bertz CT molecular complexity index is 811. The van der Waals surface area contributed by atoms with Gasteiger partial charge in [-0.3, -0.25) is 14.2 Å². The van der Waals surface area contributed by atoms with Crippen molar-refractivity contribution in [3.8, 4) is 5.82 Å². The lowest BCUT2D eigenvalue weighted by molar-refractivity contribution is -0.138. The number of aryl methyl sites for hydroxylation is 2. The standard InChI is InChI=1S/C17H21N3O4S/c1-10-6-14(12(3)20(10)15-7-11(2)24-18-15)17(23)19-4-5-25-9-13(19)8-16(21)22/h6-7,13H,4-5,8-9H2,1-3H3,(H,21,22). The number of hydrogen-bond donors (Lipinski definition) is 1. The van der Waals surface area contributed by atoms with Gasteiger partial charge in [-0.1, -0.05) is 5.16 Å². The van der Waals surface area contributed by atoms with Crippen molar-refractivity contribution in [1.82, 2.24) is 14.6 Å². The fourth-order valence-corrected chi connectivity index (χ4v) is 4.30. The van der Waals surface area contributed by atoms with E-state index in [0.717, 1.165) is 17.1 Å². The molecule has 0 spiro atoms. The second-order valence-corrected chi connectivity index (χ2v) is 7.39. The van der Waals surface area contributed by atoms with E-state index in [-0.39, 0.29) is 18.4 Å². The summed E-state index contributed by atoms with van der Waals surface area (Å²) in [6, 6.07) is 3.38. The summed E-state index contributed by atoms with van der Waals surface area (Å²) in [6.07, 6.45) is -0.0278. The SMILES string of the molecule is Cc1cc(-n2c(C)cc(C(=O)N3CCSCC3CC(=O)O)c2C)no1. The average Bonchev–Trinajstić information content (AvgIpc) is 3.09. The highest BCUT2D eigenvalue weighted by Crippen LogP contribution is 2.26. The number of hydrogen-bond acceptors (Lipinski definition) is 5. The third-order valence-corrected chi connectivity index (χ3v) is 5.50. The molecule has 1 atom stereocenters. The largest absolute Gasteiger partial charge is 0.481 e. The number of aromatic nitrogens is 2. The molecule has 2 aromatic heterocycles. The maximum atomic E-state index is 13.1. The number of rotatable bonds is 4. The summed E-state index contributed by atoms with van der Waals surface area (Å²) in [7, 11) is 0. The van der Waals surface area contributed by atoms with Gasteiger partial charge < -0.3 is 14.5 Å². The molecular weight excluding hydrogens is 342 g/mol. The van der Waals surface area contributed by atoms with Crippen LogP contribution < -0.4 is 0 Å². The minimum absolute atomic E-state index is 0.0278. The molecule has 1 aliphatic rings. The maximum absolute atomic E-state index is 13.1. The van der Waals surface area contributed by atoms with Crippen LogP contribution in [0.1, 0.15) is 33.9 Å². The van der Waals surface area contributed by atoms with Crippen LogP contribution in [0.25, 0.3) is 5.82 Å². The Balaban J connectivity index is 1.93. The topological polar surface area (TPSA) is 88.6 Å². The van der Waals surface area contributed by atoms with E-state index in [0.29, 0.717) is 29.4 Å². The number of aliphatic carboxylic acids is 1. The van der Waals surface area contributed by atoms with Crippen LogP contribution in [0.5, 0.6) is 0 Å². The molecule has 0 aromatic carbocycles. The van der Waals surface area contributed by atoms with E-state index < -0.39 is 5.97 Å². The highest BCUT2D eigenvalue weighted by Gasteiger charge is 2.31. The van der Waals surface area contributed by atoms with Crippen LogP contribution in [0.15, 0.2) is 16.7 Å². The van der Waals surface area contributed by atoms with Crippen molar-refractivity contribution in [2.24, 2.45) is 0 Å². The normalized spacial score (nSPS) is 17.7. The Kier molecular flexibility index (Phi) is 4.89. The van der Waals surface area contributed by atoms with Gasteiger partial charge in [-0.2, -0.15) is 11.8 Å². The van der Waals surface area contributed by atoms with Gasteiger partial charge in [0.1, 0.15) is 5.76 Å². The van der Waals surface area contributed by atoms with Crippen LogP contribution in [0.3, 0.4) is 0 Å². The molecule has 134 valence electrons. The molecule has 0 aliphatic carbocycles. The van der Waals surface area contributed by atoms with E-state index in [4.69, 9.17) is 9.63 Å². The minimum atomic E-state index is -0.881. The number of carboxylic acids is 1. The summed E-state index contributed by atoms with van der Waals surface area (Å²) in [6.45, 7) is 6.16. The molecule has 2 aromatic rings.